The van der Waals surface area contributed by atoms with Gasteiger partial charge in [-0.1, -0.05) is 11.3 Å². The van der Waals surface area contributed by atoms with Crippen molar-refractivity contribution in [2.45, 2.75) is 30.4 Å². The fourth-order valence-electron chi connectivity index (χ4n) is 1.76. The number of sulfonamides is 1. The van der Waals surface area contributed by atoms with Gasteiger partial charge in [0.05, 0.1) is 12.2 Å². The molecule has 0 aliphatic carbocycles. The van der Waals surface area contributed by atoms with Gasteiger partial charge in [-0.2, -0.15) is 4.31 Å². The highest BCUT2D eigenvalue weighted by Crippen LogP contribution is 2.24. The molecule has 2 heterocycles. The van der Waals surface area contributed by atoms with Crippen molar-refractivity contribution in [3.05, 3.63) is 0 Å². The van der Waals surface area contributed by atoms with Crippen molar-refractivity contribution in [2.24, 2.45) is 0 Å². The lowest BCUT2D eigenvalue weighted by Gasteiger charge is -2.33. The third kappa shape index (κ3) is 2.57. The van der Waals surface area contributed by atoms with Crippen LogP contribution in [0.15, 0.2) is 4.34 Å². The highest BCUT2D eigenvalue weighted by atomic mass is 32.2. The molecule has 2 rings (SSSR count). The van der Waals surface area contributed by atoms with E-state index in [9.17, 15) is 8.42 Å². The van der Waals surface area contributed by atoms with E-state index < -0.39 is 10.0 Å². The summed E-state index contributed by atoms with van der Waals surface area (Å²) >= 11 is 0.876. The molecule has 96 valence electrons. The van der Waals surface area contributed by atoms with Crippen LogP contribution in [-0.2, 0) is 14.8 Å². The molecule has 0 radical (unpaired) electrons. The van der Waals surface area contributed by atoms with Crippen molar-refractivity contribution >= 4 is 26.5 Å². The van der Waals surface area contributed by atoms with Gasteiger partial charge in [-0.3, -0.25) is 0 Å². The van der Waals surface area contributed by atoms with Gasteiger partial charge in [0.25, 0.3) is 10.0 Å². The first-order chi connectivity index (χ1) is 7.89. The molecule has 1 aliphatic heterocycles. The summed E-state index contributed by atoms with van der Waals surface area (Å²) in [6, 6.07) is 0. The van der Waals surface area contributed by atoms with Crippen LogP contribution in [0.2, 0.25) is 0 Å². The molecule has 1 aliphatic rings. The molecular weight excluding hydrogens is 264 g/mol. The monoisotopic (exact) mass is 278 g/mol. The van der Waals surface area contributed by atoms with Crippen molar-refractivity contribution in [1.82, 2.24) is 14.5 Å². The second kappa shape index (κ2) is 4.48. The Bertz CT molecular complexity index is 491. The maximum atomic E-state index is 12.2. The van der Waals surface area contributed by atoms with Gasteiger partial charge in [-0.25, -0.2) is 8.42 Å². The van der Waals surface area contributed by atoms with E-state index in [0.29, 0.717) is 13.1 Å². The first-order valence-corrected chi connectivity index (χ1v) is 7.40. The smallest absolute Gasteiger partial charge is 0.272 e. The Hall–Kier alpha value is -0.770. The van der Waals surface area contributed by atoms with Crippen molar-refractivity contribution in [1.29, 1.82) is 0 Å². The summed E-state index contributed by atoms with van der Waals surface area (Å²) in [7, 11) is -3.59. The van der Waals surface area contributed by atoms with Gasteiger partial charge in [0.1, 0.15) is 0 Å². The van der Waals surface area contributed by atoms with E-state index in [1.807, 2.05) is 13.8 Å². The molecule has 2 N–H and O–H groups in total. The van der Waals surface area contributed by atoms with Crippen LogP contribution in [0.4, 0.5) is 5.13 Å². The van der Waals surface area contributed by atoms with Crippen LogP contribution in [0, 0.1) is 0 Å². The predicted molar refractivity (Wildman–Crippen MR) is 63.1 cm³/mol. The number of anilines is 1. The summed E-state index contributed by atoms with van der Waals surface area (Å²) in [6.07, 6.45) is -0.252. The van der Waals surface area contributed by atoms with E-state index >= 15 is 0 Å². The SMILES string of the molecule is CC1CN(S(=O)(=O)c2nnc(N)s2)CC(C)O1. The standard InChI is InChI=1S/C8H14N4O3S2/c1-5-3-12(4-6(2)15-5)17(13,14)8-11-10-7(9)16-8/h5-6H,3-4H2,1-2H3,(H2,9,10). The molecule has 1 aromatic rings. The highest BCUT2D eigenvalue weighted by molar-refractivity contribution is 7.91. The lowest BCUT2D eigenvalue weighted by Crippen LogP contribution is -2.48. The fourth-order valence-corrected chi connectivity index (χ4v) is 4.28. The summed E-state index contributed by atoms with van der Waals surface area (Å²) in [5.74, 6) is 0. The molecule has 0 aromatic carbocycles. The molecule has 17 heavy (non-hydrogen) atoms. The summed E-state index contributed by atoms with van der Waals surface area (Å²) in [5.41, 5.74) is 5.40. The van der Waals surface area contributed by atoms with E-state index in [-0.39, 0.29) is 21.7 Å². The zero-order valence-electron chi connectivity index (χ0n) is 9.53. The van der Waals surface area contributed by atoms with Crippen LogP contribution < -0.4 is 5.73 Å². The number of ether oxygens (including phenoxy) is 1. The van der Waals surface area contributed by atoms with E-state index in [4.69, 9.17) is 10.5 Å². The van der Waals surface area contributed by atoms with Crippen LogP contribution in [0.1, 0.15) is 13.8 Å². The fraction of sp³-hybridized carbons (Fsp3) is 0.750. The Morgan fingerprint density at radius 1 is 1.35 bits per heavy atom. The molecule has 0 amide bonds. The number of morpholine rings is 1. The third-order valence-electron chi connectivity index (χ3n) is 2.37. The normalized spacial score (nSPS) is 27.2. The maximum absolute atomic E-state index is 12.2. The third-order valence-corrected chi connectivity index (χ3v) is 5.30. The Kier molecular flexibility index (Phi) is 3.34. The van der Waals surface area contributed by atoms with E-state index in [2.05, 4.69) is 10.2 Å². The number of aromatic nitrogens is 2. The molecule has 0 bridgehead atoms. The minimum atomic E-state index is -3.59. The molecule has 2 unspecified atom stereocenters. The number of nitrogens with two attached hydrogens (primary N) is 1. The van der Waals surface area contributed by atoms with Gasteiger partial charge in [0, 0.05) is 13.1 Å². The van der Waals surface area contributed by atoms with E-state index in [0.717, 1.165) is 11.3 Å². The molecule has 2 atom stereocenters. The van der Waals surface area contributed by atoms with E-state index in [1.165, 1.54) is 4.31 Å². The first-order valence-electron chi connectivity index (χ1n) is 5.14. The number of hydrogen-bond acceptors (Lipinski definition) is 7. The molecular formula is C8H14N4O3S2. The Balaban J connectivity index is 2.26. The summed E-state index contributed by atoms with van der Waals surface area (Å²) < 4.78 is 31.2. The van der Waals surface area contributed by atoms with Crippen LogP contribution in [0.25, 0.3) is 0 Å². The average molecular weight is 278 g/mol. The quantitative estimate of drug-likeness (QED) is 0.812. The topological polar surface area (TPSA) is 98.4 Å². The van der Waals surface area contributed by atoms with Crippen molar-refractivity contribution in [3.63, 3.8) is 0 Å². The zero-order chi connectivity index (χ0) is 12.6. The van der Waals surface area contributed by atoms with Gasteiger partial charge in [0.2, 0.25) is 9.47 Å². The Morgan fingerprint density at radius 3 is 2.41 bits per heavy atom. The van der Waals surface area contributed by atoms with Crippen LogP contribution in [0.5, 0.6) is 0 Å². The first kappa shape index (κ1) is 12.7. The average Bonchev–Trinajstić information content (AvgIpc) is 2.64. The van der Waals surface area contributed by atoms with Crippen molar-refractivity contribution in [2.75, 3.05) is 18.8 Å². The van der Waals surface area contributed by atoms with Crippen LogP contribution >= 0.6 is 11.3 Å². The van der Waals surface area contributed by atoms with Crippen molar-refractivity contribution < 1.29 is 13.2 Å². The second-order valence-corrected chi connectivity index (χ2v) is 7.11. The summed E-state index contributed by atoms with van der Waals surface area (Å²) in [6.45, 7) is 4.33. The Morgan fingerprint density at radius 2 is 1.94 bits per heavy atom. The molecule has 0 spiro atoms. The minimum Gasteiger partial charge on any atom is -0.374 e. The molecule has 7 nitrogen and oxygen atoms in total. The van der Waals surface area contributed by atoms with Crippen LogP contribution in [0.3, 0.4) is 0 Å². The predicted octanol–water partition coefficient (Wildman–Crippen LogP) is -0.0818. The van der Waals surface area contributed by atoms with Gasteiger partial charge >= 0.3 is 0 Å². The largest absolute Gasteiger partial charge is 0.374 e. The van der Waals surface area contributed by atoms with Crippen LogP contribution in [-0.4, -0.2) is 48.2 Å². The molecule has 1 saturated heterocycles. The lowest BCUT2D eigenvalue weighted by molar-refractivity contribution is -0.0440. The Labute approximate surface area is 104 Å². The molecule has 0 saturated carbocycles. The number of nitrogen functional groups attached to an aromatic ring is 1. The second-order valence-electron chi connectivity index (χ2n) is 3.99. The zero-order valence-corrected chi connectivity index (χ0v) is 11.2. The van der Waals surface area contributed by atoms with E-state index in [1.54, 1.807) is 0 Å². The van der Waals surface area contributed by atoms with Gasteiger partial charge in [0.15, 0.2) is 0 Å². The van der Waals surface area contributed by atoms with Gasteiger partial charge < -0.3 is 10.5 Å². The summed E-state index contributed by atoms with van der Waals surface area (Å²) in [5, 5.41) is 7.26. The van der Waals surface area contributed by atoms with Gasteiger partial charge in [-0.05, 0) is 13.8 Å². The maximum Gasteiger partial charge on any atom is 0.272 e. The minimum absolute atomic E-state index is 0.0590. The van der Waals surface area contributed by atoms with Crippen molar-refractivity contribution in [3.8, 4) is 0 Å². The number of nitrogens with zero attached hydrogens (tertiary/aromatic N) is 3. The molecule has 9 heteroatoms. The number of hydrogen-bond donors (Lipinski definition) is 1. The van der Waals surface area contributed by atoms with Gasteiger partial charge in [-0.15, -0.1) is 10.2 Å². The summed E-state index contributed by atoms with van der Waals surface area (Å²) in [4.78, 5) is 0. The highest BCUT2D eigenvalue weighted by Gasteiger charge is 2.34. The number of rotatable bonds is 2. The molecule has 1 aromatic heterocycles. The lowest BCUT2D eigenvalue weighted by atomic mass is 10.3. The molecule has 1 fully saturated rings.